The number of anilines is 2. The molecule has 0 spiro atoms. The highest BCUT2D eigenvalue weighted by Gasteiger charge is 2.17. The summed E-state index contributed by atoms with van der Waals surface area (Å²) in [4.78, 5) is 14.6. The van der Waals surface area contributed by atoms with Crippen LogP contribution in [0.2, 0.25) is 0 Å². The number of nitrogens with one attached hydrogen (secondary N) is 2. The van der Waals surface area contributed by atoms with Crippen LogP contribution in [-0.2, 0) is 0 Å². The Morgan fingerprint density at radius 1 is 1.14 bits per heavy atom. The molecule has 0 unspecified atom stereocenters. The van der Waals surface area contributed by atoms with Gasteiger partial charge in [0, 0.05) is 49.1 Å². The van der Waals surface area contributed by atoms with Crippen molar-refractivity contribution in [3.05, 3.63) is 84.7 Å². The van der Waals surface area contributed by atoms with Crippen molar-refractivity contribution in [2.24, 2.45) is 0 Å². The van der Waals surface area contributed by atoms with Crippen molar-refractivity contribution in [3.63, 3.8) is 0 Å². The summed E-state index contributed by atoms with van der Waals surface area (Å²) < 4.78 is 20.1. The summed E-state index contributed by atoms with van der Waals surface area (Å²) in [6.45, 7) is 18.0. The Morgan fingerprint density at radius 2 is 1.80 bits per heavy atom. The molecule has 190 valence electrons. The number of carbonyl (C=O) groups excluding carboxylic acids is 1. The molecule has 0 atom stereocenters. The van der Waals surface area contributed by atoms with Crippen molar-refractivity contribution in [2.75, 3.05) is 43.5 Å². The average Bonchev–Trinajstić information content (AvgIpc) is 2.91. The van der Waals surface area contributed by atoms with E-state index in [1.165, 1.54) is 11.6 Å². The van der Waals surface area contributed by atoms with Crippen molar-refractivity contribution in [1.29, 1.82) is 0 Å². The summed E-state index contributed by atoms with van der Waals surface area (Å²) in [6, 6.07) is 10.2. The third-order valence-electron chi connectivity index (χ3n) is 5.37. The molecule has 1 heterocycles. The van der Waals surface area contributed by atoms with E-state index in [2.05, 4.69) is 36.8 Å². The van der Waals surface area contributed by atoms with Crippen LogP contribution in [-0.4, -0.2) is 39.2 Å². The molecule has 0 bridgehead atoms. The Morgan fingerprint density at radius 3 is 2.31 bits per heavy atom. The summed E-state index contributed by atoms with van der Waals surface area (Å²) in [6.07, 6.45) is 6.22. The third kappa shape index (κ3) is 8.72. The SMILES string of the molecule is C/C=C(\CC)c1ccc(NC(=O)c2ccc(N3CCNCC3)c(F)c2)cc1OC.C=CC=C.CC. The van der Waals surface area contributed by atoms with Crippen molar-refractivity contribution in [2.45, 2.75) is 34.1 Å². The summed E-state index contributed by atoms with van der Waals surface area (Å²) >= 11 is 0. The first-order valence-electron chi connectivity index (χ1n) is 12.1. The minimum atomic E-state index is -0.381. The molecule has 0 saturated carbocycles. The number of amides is 1. The van der Waals surface area contributed by atoms with Gasteiger partial charge in [0.25, 0.3) is 5.91 Å². The summed E-state index contributed by atoms with van der Waals surface area (Å²) in [5.41, 5.74) is 3.60. The van der Waals surface area contributed by atoms with Gasteiger partial charge in [0.1, 0.15) is 11.6 Å². The van der Waals surface area contributed by atoms with E-state index in [1.807, 2.05) is 37.8 Å². The zero-order valence-corrected chi connectivity index (χ0v) is 21.8. The summed E-state index contributed by atoms with van der Waals surface area (Å²) in [7, 11) is 1.61. The number of piperazine rings is 1. The molecule has 1 amide bonds. The number of carbonyl (C=O) groups is 1. The second-order valence-electron chi connectivity index (χ2n) is 7.41. The lowest BCUT2D eigenvalue weighted by Crippen LogP contribution is -2.43. The number of rotatable bonds is 7. The molecule has 0 aromatic heterocycles. The Bertz CT molecular complexity index is 989. The number of nitrogens with zero attached hydrogens (tertiary/aromatic N) is 1. The number of halogens is 1. The molecule has 2 N–H and O–H groups in total. The number of ether oxygens (including phenoxy) is 1. The molecular formula is C29H40FN3O2. The van der Waals surface area contributed by atoms with Gasteiger partial charge in [0.2, 0.25) is 0 Å². The van der Waals surface area contributed by atoms with Crippen LogP contribution in [0.3, 0.4) is 0 Å². The van der Waals surface area contributed by atoms with Gasteiger partial charge < -0.3 is 20.3 Å². The van der Waals surface area contributed by atoms with Crippen LogP contribution < -0.4 is 20.3 Å². The highest BCUT2D eigenvalue weighted by Crippen LogP contribution is 2.31. The van der Waals surface area contributed by atoms with Gasteiger partial charge in [-0.1, -0.05) is 52.2 Å². The first kappa shape index (κ1) is 29.7. The van der Waals surface area contributed by atoms with Gasteiger partial charge in [-0.3, -0.25) is 4.79 Å². The minimum absolute atomic E-state index is 0.284. The topological polar surface area (TPSA) is 53.6 Å². The highest BCUT2D eigenvalue weighted by molar-refractivity contribution is 6.04. The van der Waals surface area contributed by atoms with Crippen LogP contribution in [0, 0.1) is 5.82 Å². The lowest BCUT2D eigenvalue weighted by molar-refractivity contribution is 0.102. The molecule has 5 nitrogen and oxygen atoms in total. The molecule has 1 aliphatic heterocycles. The van der Waals surface area contributed by atoms with Crippen molar-refractivity contribution >= 4 is 22.9 Å². The Balaban J connectivity index is 0.000000926. The van der Waals surface area contributed by atoms with Gasteiger partial charge in [-0.2, -0.15) is 0 Å². The molecule has 2 aromatic rings. The summed E-state index contributed by atoms with van der Waals surface area (Å²) in [5.74, 6) is -0.0431. The smallest absolute Gasteiger partial charge is 0.255 e. The van der Waals surface area contributed by atoms with Gasteiger partial charge >= 0.3 is 0 Å². The maximum absolute atomic E-state index is 14.6. The van der Waals surface area contributed by atoms with Gasteiger partial charge in [-0.15, -0.1) is 0 Å². The van der Waals surface area contributed by atoms with E-state index in [-0.39, 0.29) is 17.3 Å². The van der Waals surface area contributed by atoms with Crippen LogP contribution in [0.5, 0.6) is 5.75 Å². The van der Waals surface area contributed by atoms with Crippen molar-refractivity contribution < 1.29 is 13.9 Å². The second kappa shape index (κ2) is 16.3. The molecule has 1 saturated heterocycles. The van der Waals surface area contributed by atoms with Crippen LogP contribution in [0.4, 0.5) is 15.8 Å². The fraction of sp³-hybridized carbons (Fsp3) is 0.345. The van der Waals surface area contributed by atoms with E-state index in [4.69, 9.17) is 4.74 Å². The second-order valence-corrected chi connectivity index (χ2v) is 7.41. The largest absolute Gasteiger partial charge is 0.496 e. The van der Waals surface area contributed by atoms with E-state index in [9.17, 15) is 9.18 Å². The zero-order chi connectivity index (χ0) is 26.2. The molecular weight excluding hydrogens is 441 g/mol. The zero-order valence-electron chi connectivity index (χ0n) is 21.8. The Hall–Kier alpha value is -3.38. The highest BCUT2D eigenvalue weighted by atomic mass is 19.1. The van der Waals surface area contributed by atoms with Crippen LogP contribution in [0.15, 0.2) is 67.8 Å². The molecule has 35 heavy (non-hydrogen) atoms. The number of allylic oxidation sites excluding steroid dienone is 4. The van der Waals surface area contributed by atoms with E-state index in [1.54, 1.807) is 37.5 Å². The molecule has 0 radical (unpaired) electrons. The van der Waals surface area contributed by atoms with Crippen LogP contribution >= 0.6 is 0 Å². The van der Waals surface area contributed by atoms with Crippen LogP contribution in [0.1, 0.15) is 50.0 Å². The monoisotopic (exact) mass is 481 g/mol. The van der Waals surface area contributed by atoms with E-state index >= 15 is 0 Å². The molecule has 2 aromatic carbocycles. The number of benzene rings is 2. The lowest BCUT2D eigenvalue weighted by atomic mass is 10.0. The minimum Gasteiger partial charge on any atom is -0.496 e. The first-order valence-corrected chi connectivity index (χ1v) is 12.1. The third-order valence-corrected chi connectivity index (χ3v) is 5.37. The van der Waals surface area contributed by atoms with E-state index < -0.39 is 0 Å². The molecule has 0 aliphatic carbocycles. The molecule has 3 rings (SSSR count). The average molecular weight is 482 g/mol. The fourth-order valence-corrected chi connectivity index (χ4v) is 3.60. The predicted octanol–water partition coefficient (Wildman–Crippen LogP) is 6.69. The quantitative estimate of drug-likeness (QED) is 0.432. The molecule has 1 fully saturated rings. The standard InChI is InChI=1S/C23H28FN3O2.C4H6.C2H6/c1-4-16(5-2)19-8-7-18(15-22(19)29-3)26-23(28)17-6-9-21(20(24)14-17)27-12-10-25-11-13-27;1-3-4-2;1-2/h4,6-9,14-15,25H,5,10-13H2,1-3H3,(H,26,28);3-4H,1-2H2;1-2H3/b16-4+;;. The van der Waals surface area contributed by atoms with E-state index in [0.717, 1.165) is 38.2 Å². The van der Waals surface area contributed by atoms with Gasteiger partial charge in [-0.25, -0.2) is 4.39 Å². The predicted molar refractivity (Wildman–Crippen MR) is 148 cm³/mol. The fourth-order valence-electron chi connectivity index (χ4n) is 3.60. The van der Waals surface area contributed by atoms with E-state index in [0.29, 0.717) is 17.1 Å². The Labute approximate surface area is 210 Å². The van der Waals surface area contributed by atoms with Gasteiger partial charge in [0.15, 0.2) is 0 Å². The molecule has 1 aliphatic rings. The number of methoxy groups -OCH3 is 1. The summed E-state index contributed by atoms with van der Waals surface area (Å²) in [5, 5.41) is 6.08. The number of hydrogen-bond donors (Lipinski definition) is 2. The van der Waals surface area contributed by atoms with Crippen LogP contribution in [0.25, 0.3) is 5.57 Å². The Kier molecular flexibility index (Phi) is 13.8. The maximum atomic E-state index is 14.6. The normalized spacial score (nSPS) is 12.9. The maximum Gasteiger partial charge on any atom is 0.255 e. The van der Waals surface area contributed by atoms with Gasteiger partial charge in [-0.05, 0) is 49.2 Å². The lowest BCUT2D eigenvalue weighted by Gasteiger charge is -2.29. The van der Waals surface area contributed by atoms with Crippen molar-refractivity contribution in [1.82, 2.24) is 5.32 Å². The van der Waals surface area contributed by atoms with Crippen molar-refractivity contribution in [3.8, 4) is 5.75 Å². The first-order chi connectivity index (χ1) is 17.0. The molecule has 6 heteroatoms. The van der Waals surface area contributed by atoms with Gasteiger partial charge in [0.05, 0.1) is 12.8 Å². The number of hydrogen-bond acceptors (Lipinski definition) is 4.